The van der Waals surface area contributed by atoms with Crippen LogP contribution in [-0.2, 0) is 27.3 Å². The lowest BCUT2D eigenvalue weighted by molar-refractivity contribution is -0.148. The van der Waals surface area contributed by atoms with Crippen LogP contribution in [0.5, 0.6) is 11.5 Å². The van der Waals surface area contributed by atoms with E-state index in [1.807, 2.05) is 25.1 Å². The molecule has 2 aliphatic rings. The van der Waals surface area contributed by atoms with Gasteiger partial charge in [0.15, 0.2) is 11.5 Å². The van der Waals surface area contributed by atoms with Crippen molar-refractivity contribution in [3.63, 3.8) is 0 Å². The molecule has 1 aromatic carbocycles. The van der Waals surface area contributed by atoms with Crippen LogP contribution in [-0.4, -0.2) is 66.1 Å². The number of rotatable bonds is 12. The summed E-state index contributed by atoms with van der Waals surface area (Å²) in [5.41, 5.74) is 1.86. The molecule has 4 rings (SSSR count). The van der Waals surface area contributed by atoms with Crippen molar-refractivity contribution in [1.82, 2.24) is 9.47 Å². The Morgan fingerprint density at radius 1 is 1.13 bits per heavy atom. The summed E-state index contributed by atoms with van der Waals surface area (Å²) in [7, 11) is 3.16. The van der Waals surface area contributed by atoms with Gasteiger partial charge in [-0.3, -0.25) is 23.9 Å². The number of nitriles is 1. The first kappa shape index (κ1) is 34.1. The van der Waals surface area contributed by atoms with Gasteiger partial charge >= 0.3 is 5.97 Å². The molecule has 1 aromatic heterocycles. The van der Waals surface area contributed by atoms with Gasteiger partial charge in [-0.25, -0.2) is 0 Å². The third-order valence-corrected chi connectivity index (χ3v) is 9.59. The summed E-state index contributed by atoms with van der Waals surface area (Å²) in [5.74, 6) is 1.28. The Hall–Kier alpha value is -3.82. The third-order valence-electron chi connectivity index (χ3n) is 8.22. The Morgan fingerprint density at radius 2 is 1.84 bits per heavy atom. The van der Waals surface area contributed by atoms with Gasteiger partial charge < -0.3 is 19.1 Å². The van der Waals surface area contributed by atoms with Gasteiger partial charge in [0, 0.05) is 31.7 Å². The van der Waals surface area contributed by atoms with Crippen LogP contribution in [0.4, 0.5) is 5.82 Å². The first-order valence-corrected chi connectivity index (χ1v) is 16.5. The average molecular weight is 653 g/mol. The van der Waals surface area contributed by atoms with Gasteiger partial charge in [0.2, 0.25) is 0 Å². The van der Waals surface area contributed by atoms with E-state index in [9.17, 15) is 19.6 Å². The maximum absolute atomic E-state index is 13.7. The number of pyridine rings is 1. The van der Waals surface area contributed by atoms with E-state index >= 15 is 0 Å². The van der Waals surface area contributed by atoms with Crippen LogP contribution >= 0.6 is 24.0 Å². The molecular weight excluding hydrogens is 613 g/mol. The molecular formula is C33H40N4O6S2. The second-order valence-corrected chi connectivity index (χ2v) is 12.6. The van der Waals surface area contributed by atoms with Gasteiger partial charge in [-0.05, 0) is 68.9 Å². The SMILES string of the molecule is CCCCn1c(N2CCC(C(=O)OCC)CC2)c(/C=C2\SC(=S)N(CCc3ccc(OC)c(OC)c3)C2=O)c(C)c(C#N)c1=O. The molecule has 10 nitrogen and oxygen atoms in total. The minimum Gasteiger partial charge on any atom is -0.493 e. The van der Waals surface area contributed by atoms with Crippen LogP contribution in [0.2, 0.25) is 0 Å². The minimum absolute atomic E-state index is 0.0615. The van der Waals surface area contributed by atoms with E-state index in [4.69, 9.17) is 26.4 Å². The van der Waals surface area contributed by atoms with Crippen molar-refractivity contribution < 1.29 is 23.8 Å². The summed E-state index contributed by atoms with van der Waals surface area (Å²) in [6.07, 6.45) is 5.11. The van der Waals surface area contributed by atoms with Gasteiger partial charge in [-0.15, -0.1) is 0 Å². The summed E-state index contributed by atoms with van der Waals surface area (Å²) in [6.45, 7) is 7.81. The van der Waals surface area contributed by atoms with Crippen molar-refractivity contribution in [2.75, 3.05) is 45.4 Å². The fourth-order valence-corrected chi connectivity index (χ4v) is 6.99. The Balaban J connectivity index is 1.69. The highest BCUT2D eigenvalue weighted by Gasteiger charge is 2.34. The number of hydrogen-bond acceptors (Lipinski definition) is 10. The molecule has 0 saturated carbocycles. The van der Waals surface area contributed by atoms with Crippen molar-refractivity contribution in [3.05, 3.63) is 55.7 Å². The molecule has 0 unspecified atom stereocenters. The van der Waals surface area contributed by atoms with Gasteiger partial charge in [-0.2, -0.15) is 5.26 Å². The van der Waals surface area contributed by atoms with Crippen molar-refractivity contribution in [2.24, 2.45) is 5.92 Å². The third kappa shape index (κ3) is 7.36. The summed E-state index contributed by atoms with van der Waals surface area (Å²) in [6, 6.07) is 7.75. The second kappa shape index (κ2) is 15.5. The Bertz CT molecular complexity index is 1590. The predicted molar refractivity (Wildman–Crippen MR) is 180 cm³/mol. The minimum atomic E-state index is -0.342. The molecule has 2 saturated heterocycles. The number of methoxy groups -OCH3 is 2. The lowest BCUT2D eigenvalue weighted by Gasteiger charge is -2.35. The summed E-state index contributed by atoms with van der Waals surface area (Å²) < 4.78 is 18.1. The number of aromatic nitrogens is 1. The number of carbonyl (C=O) groups is 2. The van der Waals surface area contributed by atoms with E-state index in [1.165, 1.54) is 11.8 Å². The van der Waals surface area contributed by atoms with Gasteiger partial charge in [0.05, 0.1) is 31.6 Å². The average Bonchev–Trinajstić information content (AvgIpc) is 3.31. The van der Waals surface area contributed by atoms with Gasteiger partial charge in [0.1, 0.15) is 21.8 Å². The second-order valence-electron chi connectivity index (χ2n) is 10.9. The first-order valence-electron chi connectivity index (χ1n) is 15.2. The van der Waals surface area contributed by atoms with E-state index in [0.29, 0.717) is 89.7 Å². The number of esters is 1. The molecule has 1 amide bonds. The lowest BCUT2D eigenvalue weighted by atomic mass is 9.95. The highest BCUT2D eigenvalue weighted by atomic mass is 32.2. The van der Waals surface area contributed by atoms with E-state index in [-0.39, 0.29) is 28.9 Å². The molecule has 2 aromatic rings. The largest absolute Gasteiger partial charge is 0.493 e. The zero-order chi connectivity index (χ0) is 32.7. The Kier molecular flexibility index (Phi) is 11.7. The van der Waals surface area contributed by atoms with Crippen molar-refractivity contribution in [1.29, 1.82) is 5.26 Å². The topological polar surface area (TPSA) is 114 Å². The maximum atomic E-state index is 13.7. The molecule has 0 radical (unpaired) electrons. The molecule has 0 atom stereocenters. The molecule has 0 N–H and O–H groups in total. The lowest BCUT2D eigenvalue weighted by Crippen LogP contribution is -2.41. The predicted octanol–water partition coefficient (Wildman–Crippen LogP) is 5.07. The highest BCUT2D eigenvalue weighted by Crippen LogP contribution is 2.37. The van der Waals surface area contributed by atoms with Crippen LogP contribution in [0, 0.1) is 24.2 Å². The van der Waals surface area contributed by atoms with Crippen LogP contribution in [0.15, 0.2) is 27.9 Å². The fraction of sp³-hybridized carbons (Fsp3) is 0.485. The van der Waals surface area contributed by atoms with Crippen LogP contribution in [0.25, 0.3) is 6.08 Å². The Labute approximate surface area is 273 Å². The van der Waals surface area contributed by atoms with E-state index < -0.39 is 0 Å². The number of carbonyl (C=O) groups excluding carboxylic acids is 2. The van der Waals surface area contributed by atoms with Crippen molar-refractivity contribution in [3.8, 4) is 17.6 Å². The molecule has 240 valence electrons. The van der Waals surface area contributed by atoms with Crippen molar-refractivity contribution in [2.45, 2.75) is 59.4 Å². The molecule has 0 spiro atoms. The molecule has 0 aliphatic carbocycles. The molecule has 3 heterocycles. The Morgan fingerprint density at radius 3 is 2.47 bits per heavy atom. The van der Waals surface area contributed by atoms with E-state index in [1.54, 1.807) is 43.6 Å². The zero-order valence-electron chi connectivity index (χ0n) is 26.5. The quantitative estimate of drug-likeness (QED) is 0.175. The molecule has 2 aliphatic heterocycles. The van der Waals surface area contributed by atoms with Gasteiger partial charge in [-0.1, -0.05) is 43.4 Å². The van der Waals surface area contributed by atoms with Gasteiger partial charge in [0.25, 0.3) is 11.5 Å². The smallest absolute Gasteiger partial charge is 0.309 e. The normalized spacial score (nSPS) is 16.3. The number of ether oxygens (including phenoxy) is 3. The summed E-state index contributed by atoms with van der Waals surface area (Å²) in [4.78, 5) is 43.9. The van der Waals surface area contributed by atoms with Crippen LogP contribution < -0.4 is 19.9 Å². The van der Waals surface area contributed by atoms with E-state index in [0.717, 1.165) is 18.4 Å². The van der Waals surface area contributed by atoms with E-state index in [2.05, 4.69) is 11.0 Å². The molecule has 12 heteroatoms. The molecule has 0 bridgehead atoms. The van der Waals surface area contributed by atoms with Crippen molar-refractivity contribution >= 4 is 52.1 Å². The number of amides is 1. The number of nitrogens with zero attached hydrogens (tertiary/aromatic N) is 4. The summed E-state index contributed by atoms with van der Waals surface area (Å²) in [5, 5.41) is 10.00. The first-order chi connectivity index (χ1) is 21.7. The zero-order valence-corrected chi connectivity index (χ0v) is 28.1. The summed E-state index contributed by atoms with van der Waals surface area (Å²) >= 11 is 6.85. The van der Waals surface area contributed by atoms with Crippen LogP contribution in [0.1, 0.15) is 61.8 Å². The number of benzene rings is 1. The fourth-order valence-electron chi connectivity index (χ4n) is 5.70. The number of hydrogen-bond donors (Lipinski definition) is 0. The number of anilines is 1. The maximum Gasteiger partial charge on any atom is 0.309 e. The number of unbranched alkanes of at least 4 members (excludes halogenated alkanes) is 1. The molecule has 45 heavy (non-hydrogen) atoms. The number of thiocarbonyl (C=S) groups is 1. The number of piperidine rings is 1. The number of thioether (sulfide) groups is 1. The highest BCUT2D eigenvalue weighted by molar-refractivity contribution is 8.26. The molecule has 2 fully saturated rings. The van der Waals surface area contributed by atoms with Crippen LogP contribution in [0.3, 0.4) is 0 Å². The monoisotopic (exact) mass is 652 g/mol. The standard InChI is InChI=1S/C33H40N4O6S2/c1-6-8-14-36-29(35-15-12-23(13-16-35)32(40)43-7-2)24(21(3)25(20-34)30(36)38)19-28-31(39)37(33(44)45-28)17-11-22-9-10-26(41-4)27(18-22)42-5/h9-10,18-19,23H,6-8,11-17H2,1-5H3/b28-19-.